The fourth-order valence-electron chi connectivity index (χ4n) is 0.144. The smallest absolute Gasteiger partial charge is 0.854 e. The predicted octanol–water partition coefficient (Wildman–Crippen LogP) is -6.09. The van der Waals surface area contributed by atoms with Gasteiger partial charge in [0.1, 0.15) is 0 Å². The molecule has 0 aliphatic carbocycles. The van der Waals surface area contributed by atoms with Crippen molar-refractivity contribution < 1.29 is 113 Å². The molecule has 0 fully saturated rings. The van der Waals surface area contributed by atoms with Gasteiger partial charge in [0.05, 0.1) is 0 Å². The first-order valence-electron chi connectivity index (χ1n) is 3.49. The SMILES string of the molecule is CCCC[O-].CCC[O-].[K+].[K+]. The van der Waals surface area contributed by atoms with Crippen molar-refractivity contribution in [3.63, 3.8) is 0 Å². The van der Waals surface area contributed by atoms with Crippen molar-refractivity contribution in [2.75, 3.05) is 13.2 Å². The number of hydrogen-bond donors (Lipinski definition) is 0. The summed E-state index contributed by atoms with van der Waals surface area (Å²) in [4.78, 5) is 0. The van der Waals surface area contributed by atoms with Gasteiger partial charge in [-0.15, -0.1) is 13.2 Å². The van der Waals surface area contributed by atoms with Crippen LogP contribution in [0.2, 0.25) is 0 Å². The topological polar surface area (TPSA) is 46.1 Å². The van der Waals surface area contributed by atoms with Crippen LogP contribution in [0, 0.1) is 0 Å². The van der Waals surface area contributed by atoms with Crippen molar-refractivity contribution in [2.24, 2.45) is 0 Å². The summed E-state index contributed by atoms with van der Waals surface area (Å²) in [5.74, 6) is 0. The Bertz CT molecular complexity index is 33.6. The molecule has 0 saturated heterocycles. The zero-order valence-corrected chi connectivity index (χ0v) is 14.6. The first-order chi connectivity index (χ1) is 4.33. The first kappa shape index (κ1) is 23.8. The largest absolute Gasteiger partial charge is 1.00 e. The van der Waals surface area contributed by atoms with Crippen molar-refractivity contribution in [1.82, 2.24) is 0 Å². The fourth-order valence-corrected chi connectivity index (χ4v) is 0.144. The molecule has 11 heavy (non-hydrogen) atoms. The maximum Gasteiger partial charge on any atom is 1.00 e. The molecule has 0 aliphatic rings. The Balaban J connectivity index is -0.0000000383. The standard InChI is InChI=1S/C4H9O.C3H7O.2K/c1-2-3-4-5;1-2-3-4;;/h2-4H2,1H3;2-3H2,1H3;;/q2*-1;2*+1. The molecule has 4 heteroatoms. The second-order valence-corrected chi connectivity index (χ2v) is 1.76. The number of unbranched alkanes of at least 4 members (excludes halogenated alkanes) is 1. The Labute approximate surface area is 155 Å². The zero-order chi connectivity index (χ0) is 7.54. The van der Waals surface area contributed by atoms with E-state index in [1.165, 1.54) is 0 Å². The maximum absolute atomic E-state index is 9.53. The normalized spacial score (nSPS) is 6.55. The summed E-state index contributed by atoms with van der Waals surface area (Å²) in [5, 5.41) is 18.8. The van der Waals surface area contributed by atoms with Crippen LogP contribution in [0.5, 0.6) is 0 Å². The van der Waals surface area contributed by atoms with Gasteiger partial charge in [-0.2, -0.15) is 0 Å². The van der Waals surface area contributed by atoms with Crippen molar-refractivity contribution in [3.05, 3.63) is 0 Å². The molecule has 0 spiro atoms. The average molecular weight is 210 g/mol. The minimum absolute atomic E-state index is 0. The Hall–Kier alpha value is 3.19. The first-order valence-corrected chi connectivity index (χ1v) is 3.49. The van der Waals surface area contributed by atoms with Crippen LogP contribution in [0.1, 0.15) is 33.1 Å². The third-order valence-electron chi connectivity index (χ3n) is 0.702. The quantitative estimate of drug-likeness (QED) is 0.435. The van der Waals surface area contributed by atoms with Crippen molar-refractivity contribution >= 4 is 0 Å². The molecule has 0 radical (unpaired) electrons. The van der Waals surface area contributed by atoms with E-state index in [2.05, 4.69) is 0 Å². The second-order valence-electron chi connectivity index (χ2n) is 1.76. The van der Waals surface area contributed by atoms with Crippen LogP contribution in [-0.4, -0.2) is 13.2 Å². The van der Waals surface area contributed by atoms with Crippen molar-refractivity contribution in [3.8, 4) is 0 Å². The molecule has 0 bridgehead atoms. The van der Waals surface area contributed by atoms with E-state index in [4.69, 9.17) is 0 Å². The Morgan fingerprint density at radius 3 is 1.18 bits per heavy atom. The maximum atomic E-state index is 9.53. The van der Waals surface area contributed by atoms with Gasteiger partial charge in [0.2, 0.25) is 0 Å². The van der Waals surface area contributed by atoms with E-state index in [9.17, 15) is 10.2 Å². The summed E-state index contributed by atoms with van der Waals surface area (Å²) in [6, 6.07) is 0. The van der Waals surface area contributed by atoms with Gasteiger partial charge in [0.15, 0.2) is 0 Å². The van der Waals surface area contributed by atoms with Crippen LogP contribution in [0.4, 0.5) is 0 Å². The summed E-state index contributed by atoms with van der Waals surface area (Å²) >= 11 is 0. The zero-order valence-electron chi connectivity index (χ0n) is 8.35. The summed E-state index contributed by atoms with van der Waals surface area (Å²) in [6.45, 7) is 4.04. The Morgan fingerprint density at radius 1 is 0.818 bits per heavy atom. The van der Waals surface area contributed by atoms with Gasteiger partial charge in [0.25, 0.3) is 0 Å². The van der Waals surface area contributed by atoms with Crippen LogP contribution >= 0.6 is 0 Å². The molecule has 0 aromatic rings. The predicted molar refractivity (Wildman–Crippen MR) is 34.9 cm³/mol. The fraction of sp³-hybridized carbons (Fsp3) is 1.00. The summed E-state index contributed by atoms with van der Waals surface area (Å²) in [5.41, 5.74) is 0. The Kier molecular flexibility index (Phi) is 63.2. The Morgan fingerprint density at radius 2 is 1.18 bits per heavy atom. The molecule has 0 heterocycles. The number of hydrogen-bond acceptors (Lipinski definition) is 2. The van der Waals surface area contributed by atoms with Crippen molar-refractivity contribution in [2.45, 2.75) is 33.1 Å². The van der Waals surface area contributed by atoms with Gasteiger partial charge in [-0.3, -0.25) is 0 Å². The van der Waals surface area contributed by atoms with E-state index in [1.54, 1.807) is 0 Å². The van der Waals surface area contributed by atoms with E-state index in [-0.39, 0.29) is 116 Å². The van der Waals surface area contributed by atoms with Crippen LogP contribution < -0.4 is 113 Å². The van der Waals surface area contributed by atoms with E-state index < -0.39 is 0 Å². The molecule has 0 aromatic carbocycles. The van der Waals surface area contributed by atoms with Crippen LogP contribution in [0.15, 0.2) is 0 Å². The summed E-state index contributed by atoms with van der Waals surface area (Å²) in [7, 11) is 0. The summed E-state index contributed by atoms with van der Waals surface area (Å²) < 4.78 is 0. The molecule has 58 valence electrons. The molecule has 2 nitrogen and oxygen atoms in total. The molecule has 0 saturated carbocycles. The second kappa shape index (κ2) is 29.2. The van der Waals surface area contributed by atoms with Gasteiger partial charge >= 0.3 is 103 Å². The van der Waals surface area contributed by atoms with Gasteiger partial charge in [0, 0.05) is 0 Å². The van der Waals surface area contributed by atoms with E-state index >= 15 is 0 Å². The molecule has 0 amide bonds. The third-order valence-corrected chi connectivity index (χ3v) is 0.702. The van der Waals surface area contributed by atoms with Crippen LogP contribution in [0.3, 0.4) is 0 Å². The average Bonchev–Trinajstić information content (AvgIpc) is 1.91. The molecule has 0 rings (SSSR count). The van der Waals surface area contributed by atoms with Gasteiger partial charge in [-0.25, -0.2) is 0 Å². The van der Waals surface area contributed by atoms with Crippen molar-refractivity contribution in [1.29, 1.82) is 0 Å². The minimum atomic E-state index is 0. The van der Waals surface area contributed by atoms with Crippen LogP contribution in [-0.2, 0) is 0 Å². The number of rotatable bonds is 3. The molecule has 0 aromatic heterocycles. The molecular weight excluding hydrogens is 194 g/mol. The molecular formula is C7H16K2O2. The van der Waals surface area contributed by atoms with E-state index in [0.717, 1.165) is 19.3 Å². The molecule has 0 unspecified atom stereocenters. The van der Waals surface area contributed by atoms with Gasteiger partial charge < -0.3 is 10.2 Å². The summed E-state index contributed by atoms with van der Waals surface area (Å²) in [6.07, 6.45) is 2.63. The van der Waals surface area contributed by atoms with Gasteiger partial charge in [-0.05, 0) is 0 Å². The third kappa shape index (κ3) is 43.1. The van der Waals surface area contributed by atoms with E-state index in [1.807, 2.05) is 13.8 Å². The van der Waals surface area contributed by atoms with Gasteiger partial charge in [-0.1, -0.05) is 33.1 Å². The minimum Gasteiger partial charge on any atom is -0.854 e. The molecule has 0 N–H and O–H groups in total. The monoisotopic (exact) mass is 210 g/mol. The van der Waals surface area contributed by atoms with Crippen LogP contribution in [0.25, 0.3) is 0 Å². The molecule has 0 aliphatic heterocycles. The molecule has 0 atom stereocenters. The van der Waals surface area contributed by atoms with E-state index in [0.29, 0.717) is 0 Å².